The average molecular weight is 731 g/mol. The first-order valence-electron chi connectivity index (χ1n) is 19.3. The molecule has 12 nitrogen and oxygen atoms in total. The number of carbonyl (C=O) groups is 2. The van der Waals surface area contributed by atoms with Crippen LogP contribution >= 0.6 is 0 Å². The van der Waals surface area contributed by atoms with Crippen molar-refractivity contribution in [2.24, 2.45) is 35.5 Å². The van der Waals surface area contributed by atoms with Crippen LogP contribution in [-0.4, -0.2) is 137 Å². The smallest absolute Gasteiger partial charge is 0.311 e. The third kappa shape index (κ3) is 13.5. The minimum Gasteiger partial charge on any atom is -0.463 e. The zero-order valence-electron chi connectivity index (χ0n) is 33.9. The van der Waals surface area contributed by atoms with Crippen molar-refractivity contribution < 1.29 is 49.0 Å². The summed E-state index contributed by atoms with van der Waals surface area (Å²) >= 11 is 0. The van der Waals surface area contributed by atoms with Crippen molar-refractivity contribution in [2.45, 2.75) is 168 Å². The summed E-state index contributed by atoms with van der Waals surface area (Å²) in [7, 11) is 5.33. The van der Waals surface area contributed by atoms with E-state index in [0.29, 0.717) is 31.6 Å². The Labute approximate surface area is 308 Å². The molecular formula is C39H74N2O10. The van der Waals surface area contributed by atoms with Crippen LogP contribution in [0, 0.1) is 35.5 Å². The van der Waals surface area contributed by atoms with Gasteiger partial charge in [-0.3, -0.25) is 9.59 Å². The van der Waals surface area contributed by atoms with Crippen LogP contribution in [0.25, 0.3) is 0 Å². The third-order valence-corrected chi connectivity index (χ3v) is 11.7. The lowest BCUT2D eigenvalue weighted by atomic mass is 9.68. The van der Waals surface area contributed by atoms with Crippen molar-refractivity contribution in [1.82, 2.24) is 9.80 Å². The highest BCUT2D eigenvalue weighted by molar-refractivity contribution is 5.76. The van der Waals surface area contributed by atoms with Crippen LogP contribution in [0.4, 0.5) is 0 Å². The van der Waals surface area contributed by atoms with Gasteiger partial charge in [0.25, 0.3) is 0 Å². The number of rotatable bonds is 12. The van der Waals surface area contributed by atoms with E-state index in [1.165, 1.54) is 4.90 Å². The number of hydrogen-bond donors (Lipinski definition) is 4. The molecule has 2 heterocycles. The molecule has 2 rings (SSSR count). The van der Waals surface area contributed by atoms with E-state index in [0.717, 1.165) is 6.42 Å². The van der Waals surface area contributed by atoms with Crippen LogP contribution in [0.3, 0.4) is 0 Å². The van der Waals surface area contributed by atoms with Gasteiger partial charge in [-0.15, -0.1) is 0 Å². The SMILES string of the molecule is CC(O)CC(CC[C@H]1[C@@H](C)[C@H](O[C@H]2CC(C)CC(C)O2)C(C)C(=O)OCC(O)C(O)C(C)C(OCC(=O)N(C)C)[C@H](C)C[C@@]1(C)O)N(C)C(C)C. The van der Waals surface area contributed by atoms with Crippen molar-refractivity contribution in [1.29, 1.82) is 0 Å². The van der Waals surface area contributed by atoms with Crippen molar-refractivity contribution in [3.8, 4) is 0 Å². The fourth-order valence-corrected chi connectivity index (χ4v) is 8.49. The molecule has 300 valence electrons. The molecular weight excluding hydrogens is 656 g/mol. The Morgan fingerprint density at radius 2 is 1.63 bits per heavy atom. The predicted molar refractivity (Wildman–Crippen MR) is 197 cm³/mol. The summed E-state index contributed by atoms with van der Waals surface area (Å²) in [6, 6.07) is 0.272. The van der Waals surface area contributed by atoms with E-state index in [-0.39, 0.29) is 49.0 Å². The highest BCUT2D eigenvalue weighted by Crippen LogP contribution is 2.42. The van der Waals surface area contributed by atoms with E-state index in [9.17, 15) is 30.0 Å². The van der Waals surface area contributed by atoms with Crippen molar-refractivity contribution in [2.75, 3.05) is 34.4 Å². The van der Waals surface area contributed by atoms with Crippen LogP contribution in [0.5, 0.6) is 0 Å². The standard InChI is InChI=1S/C39H74N2O10/c1-22(2)41(13)30(18-25(5)42)14-15-31-27(7)37(51-34-17-23(3)16-26(6)50-34)29(9)38(46)49-20-32(43)35(45)28(8)36(24(4)19-39(31,10)47)48-21-33(44)40(11)12/h22-32,34-37,42-43,45,47H,14-21H2,1-13H3/t23?,24-,25?,26?,27-,28?,29?,30?,31+,32?,34+,35?,36?,37+,39-/m1/s1. The number of esters is 1. The molecule has 2 saturated heterocycles. The number of hydrogen-bond acceptors (Lipinski definition) is 11. The van der Waals surface area contributed by atoms with Crippen LogP contribution in [-0.2, 0) is 28.5 Å². The summed E-state index contributed by atoms with van der Waals surface area (Å²) in [4.78, 5) is 30.0. The predicted octanol–water partition coefficient (Wildman–Crippen LogP) is 3.85. The van der Waals surface area contributed by atoms with Gasteiger partial charge in [0.15, 0.2) is 6.29 Å². The van der Waals surface area contributed by atoms with Crippen LogP contribution in [0.2, 0.25) is 0 Å². The minimum absolute atomic E-state index is 0.0164. The zero-order valence-corrected chi connectivity index (χ0v) is 33.9. The molecule has 2 aliphatic heterocycles. The van der Waals surface area contributed by atoms with E-state index in [4.69, 9.17) is 18.9 Å². The summed E-state index contributed by atoms with van der Waals surface area (Å²) in [6.45, 7) is 18.8. The summed E-state index contributed by atoms with van der Waals surface area (Å²) in [6.07, 6.45) is -1.63. The zero-order chi connectivity index (χ0) is 39.0. The largest absolute Gasteiger partial charge is 0.463 e. The number of cyclic esters (lactones) is 1. The van der Waals surface area contributed by atoms with E-state index < -0.39 is 72.7 Å². The van der Waals surface area contributed by atoms with Crippen molar-refractivity contribution in [3.05, 3.63) is 0 Å². The normalized spacial score (nSPS) is 38.9. The van der Waals surface area contributed by atoms with Gasteiger partial charge in [-0.2, -0.15) is 0 Å². The van der Waals surface area contributed by atoms with Gasteiger partial charge < -0.3 is 49.2 Å². The van der Waals surface area contributed by atoms with Gasteiger partial charge in [-0.05, 0) is 104 Å². The molecule has 0 bridgehead atoms. The lowest BCUT2D eigenvalue weighted by Crippen LogP contribution is -2.52. The second kappa shape index (κ2) is 20.3. The molecule has 0 aromatic rings. The molecule has 1 amide bonds. The number of aliphatic hydroxyl groups excluding tert-OH is 3. The fourth-order valence-electron chi connectivity index (χ4n) is 8.49. The molecule has 9 unspecified atom stereocenters. The summed E-state index contributed by atoms with van der Waals surface area (Å²) < 4.78 is 24.8. The van der Waals surface area contributed by atoms with E-state index >= 15 is 0 Å². The first kappa shape index (κ1) is 45.8. The quantitative estimate of drug-likeness (QED) is 0.216. The van der Waals surface area contributed by atoms with Gasteiger partial charge in [0.1, 0.15) is 19.3 Å². The Balaban J connectivity index is 2.66. The number of nitrogens with zero attached hydrogens (tertiary/aromatic N) is 2. The van der Waals surface area contributed by atoms with Gasteiger partial charge in [-0.1, -0.05) is 27.7 Å². The van der Waals surface area contributed by atoms with E-state index in [1.54, 1.807) is 34.9 Å². The highest BCUT2D eigenvalue weighted by atomic mass is 16.7. The van der Waals surface area contributed by atoms with Gasteiger partial charge in [0.2, 0.25) is 5.91 Å². The maximum Gasteiger partial charge on any atom is 0.311 e. The van der Waals surface area contributed by atoms with Crippen LogP contribution in [0.15, 0.2) is 0 Å². The molecule has 15 atom stereocenters. The first-order valence-corrected chi connectivity index (χ1v) is 19.3. The lowest BCUT2D eigenvalue weighted by Gasteiger charge is -2.46. The Morgan fingerprint density at radius 3 is 2.18 bits per heavy atom. The van der Waals surface area contributed by atoms with Crippen LogP contribution < -0.4 is 0 Å². The first-order chi connectivity index (χ1) is 23.6. The summed E-state index contributed by atoms with van der Waals surface area (Å²) in [5.41, 5.74) is -1.33. The molecule has 0 aromatic carbocycles. The molecule has 0 saturated carbocycles. The van der Waals surface area contributed by atoms with E-state index in [2.05, 4.69) is 32.7 Å². The van der Waals surface area contributed by atoms with Crippen LogP contribution in [0.1, 0.15) is 108 Å². The van der Waals surface area contributed by atoms with E-state index in [1.807, 2.05) is 27.7 Å². The Bertz CT molecular complexity index is 1050. The second-order valence-corrected chi connectivity index (χ2v) is 17.0. The number of aliphatic hydroxyl groups is 4. The number of ether oxygens (including phenoxy) is 4. The molecule has 12 heteroatoms. The molecule has 0 radical (unpaired) electrons. The fraction of sp³-hybridized carbons (Fsp3) is 0.949. The Kier molecular flexibility index (Phi) is 18.3. The van der Waals surface area contributed by atoms with Gasteiger partial charge in [-0.25, -0.2) is 0 Å². The van der Waals surface area contributed by atoms with Crippen molar-refractivity contribution in [3.63, 3.8) is 0 Å². The monoisotopic (exact) mass is 731 g/mol. The maximum absolute atomic E-state index is 13.7. The van der Waals surface area contributed by atoms with Gasteiger partial charge >= 0.3 is 5.97 Å². The summed E-state index contributed by atoms with van der Waals surface area (Å²) in [5.74, 6) is -3.05. The molecule has 0 spiro atoms. The Morgan fingerprint density at radius 1 is 1.00 bits per heavy atom. The lowest BCUT2D eigenvalue weighted by molar-refractivity contribution is -0.245. The molecule has 4 N–H and O–H groups in total. The molecule has 0 aromatic heterocycles. The third-order valence-electron chi connectivity index (χ3n) is 11.7. The maximum atomic E-state index is 13.7. The number of likely N-dealkylation sites (N-methyl/N-ethyl adjacent to an activating group) is 1. The number of amides is 1. The topological polar surface area (TPSA) is 158 Å². The van der Waals surface area contributed by atoms with Gasteiger partial charge in [0.05, 0.1) is 42.0 Å². The second-order valence-electron chi connectivity index (χ2n) is 17.0. The number of carbonyl (C=O) groups excluding carboxylic acids is 2. The van der Waals surface area contributed by atoms with Gasteiger partial charge in [0, 0.05) is 38.5 Å². The highest BCUT2D eigenvalue weighted by Gasteiger charge is 2.47. The minimum atomic E-state index is -1.40. The van der Waals surface area contributed by atoms with Crippen molar-refractivity contribution >= 4 is 11.9 Å². The average Bonchev–Trinajstić information content (AvgIpc) is 3.02. The molecule has 51 heavy (non-hydrogen) atoms. The molecule has 2 aliphatic rings. The molecule has 2 fully saturated rings. The summed E-state index contributed by atoms with van der Waals surface area (Å²) in [5, 5.41) is 45.4. The Hall–Kier alpha value is -1.38. The molecule has 0 aliphatic carbocycles.